The number of nitrogens with zero attached hydrogens (tertiary/aromatic N) is 1. The largest absolute Gasteiger partial charge is 0.465 e. The van der Waals surface area contributed by atoms with E-state index in [0.717, 1.165) is 0 Å². The van der Waals surface area contributed by atoms with Crippen molar-refractivity contribution < 1.29 is 14.6 Å². The van der Waals surface area contributed by atoms with Gasteiger partial charge in [0.25, 0.3) is 0 Å². The maximum Gasteiger partial charge on any atom is 0.407 e. The van der Waals surface area contributed by atoms with Crippen LogP contribution in [0, 0.1) is 0 Å². The predicted molar refractivity (Wildman–Crippen MR) is 39.6 cm³/mol. The molecular formula is C7H13NO3. The fourth-order valence-corrected chi connectivity index (χ4v) is 1.38. The maximum atomic E-state index is 10.6. The Morgan fingerprint density at radius 1 is 1.45 bits per heavy atom. The van der Waals surface area contributed by atoms with Crippen molar-refractivity contribution in [3.63, 3.8) is 0 Å². The van der Waals surface area contributed by atoms with Gasteiger partial charge < -0.3 is 9.84 Å². The first-order chi connectivity index (χ1) is 5.13. The van der Waals surface area contributed by atoms with Crippen LogP contribution >= 0.6 is 0 Å². The average Bonchev–Trinajstić information content (AvgIpc) is 1.85. The first-order valence-electron chi connectivity index (χ1n) is 3.72. The monoisotopic (exact) mass is 159 g/mol. The third-order valence-electron chi connectivity index (χ3n) is 1.89. The van der Waals surface area contributed by atoms with E-state index in [0.29, 0.717) is 13.2 Å². The molecule has 0 aromatic heterocycles. The van der Waals surface area contributed by atoms with Crippen LogP contribution in [0.25, 0.3) is 0 Å². The summed E-state index contributed by atoms with van der Waals surface area (Å²) >= 11 is 0. The topological polar surface area (TPSA) is 49.8 Å². The van der Waals surface area contributed by atoms with E-state index in [1.165, 1.54) is 4.90 Å². The zero-order valence-corrected chi connectivity index (χ0v) is 6.78. The standard InChI is InChI=1S/C7H13NO3/c1-5-3-11-4-6(2)8(5)7(9)10/h5-6H,3-4H2,1-2H3,(H,9,10)/t5-,6+. The van der Waals surface area contributed by atoms with Gasteiger partial charge in [0.2, 0.25) is 0 Å². The molecular weight excluding hydrogens is 146 g/mol. The molecule has 1 amide bonds. The van der Waals surface area contributed by atoms with Gasteiger partial charge in [-0.3, -0.25) is 4.90 Å². The minimum Gasteiger partial charge on any atom is -0.465 e. The molecule has 1 fully saturated rings. The van der Waals surface area contributed by atoms with Gasteiger partial charge in [-0.1, -0.05) is 0 Å². The van der Waals surface area contributed by atoms with Crippen molar-refractivity contribution >= 4 is 6.09 Å². The first kappa shape index (κ1) is 8.33. The zero-order valence-electron chi connectivity index (χ0n) is 6.78. The molecule has 1 N–H and O–H groups in total. The summed E-state index contributed by atoms with van der Waals surface area (Å²) in [6.45, 7) is 4.72. The van der Waals surface area contributed by atoms with Crippen molar-refractivity contribution in [3.05, 3.63) is 0 Å². The summed E-state index contributed by atoms with van der Waals surface area (Å²) in [7, 11) is 0. The molecule has 2 atom stereocenters. The number of hydrogen-bond donors (Lipinski definition) is 1. The van der Waals surface area contributed by atoms with Crippen LogP contribution in [0.3, 0.4) is 0 Å². The van der Waals surface area contributed by atoms with Gasteiger partial charge >= 0.3 is 6.09 Å². The number of rotatable bonds is 0. The molecule has 0 saturated carbocycles. The fourth-order valence-electron chi connectivity index (χ4n) is 1.38. The molecule has 4 nitrogen and oxygen atoms in total. The van der Waals surface area contributed by atoms with E-state index in [4.69, 9.17) is 9.84 Å². The Morgan fingerprint density at radius 3 is 2.18 bits per heavy atom. The summed E-state index contributed by atoms with van der Waals surface area (Å²) in [6, 6.07) is -0.0347. The second kappa shape index (κ2) is 3.09. The number of morpholine rings is 1. The lowest BCUT2D eigenvalue weighted by atomic mass is 10.2. The molecule has 1 rings (SSSR count). The zero-order chi connectivity index (χ0) is 8.43. The maximum absolute atomic E-state index is 10.6. The summed E-state index contributed by atoms with van der Waals surface area (Å²) in [4.78, 5) is 12.1. The summed E-state index contributed by atoms with van der Waals surface area (Å²) < 4.78 is 5.17. The van der Waals surface area contributed by atoms with Crippen molar-refractivity contribution in [1.82, 2.24) is 4.90 Å². The molecule has 0 bridgehead atoms. The number of amides is 1. The predicted octanol–water partition coefficient (Wildman–Crippen LogP) is 0.774. The van der Waals surface area contributed by atoms with Crippen LogP contribution < -0.4 is 0 Å². The molecule has 1 saturated heterocycles. The molecule has 1 aliphatic heterocycles. The number of carboxylic acid groups (broad SMARTS) is 1. The van der Waals surface area contributed by atoms with E-state index in [-0.39, 0.29) is 12.1 Å². The molecule has 4 heteroatoms. The highest BCUT2D eigenvalue weighted by Crippen LogP contribution is 2.12. The fraction of sp³-hybridized carbons (Fsp3) is 0.857. The number of ether oxygens (including phenoxy) is 1. The summed E-state index contributed by atoms with van der Waals surface area (Å²) in [6.07, 6.45) is -0.853. The van der Waals surface area contributed by atoms with Gasteiger partial charge in [0, 0.05) is 0 Å². The molecule has 0 aromatic carbocycles. The van der Waals surface area contributed by atoms with E-state index >= 15 is 0 Å². The third kappa shape index (κ3) is 1.63. The SMILES string of the molecule is C[C@@H]1COC[C@H](C)N1C(=O)O. The highest BCUT2D eigenvalue weighted by Gasteiger charge is 2.28. The van der Waals surface area contributed by atoms with Crippen molar-refractivity contribution in [1.29, 1.82) is 0 Å². The molecule has 0 aromatic rings. The van der Waals surface area contributed by atoms with Gasteiger partial charge in [0.05, 0.1) is 25.3 Å². The van der Waals surface area contributed by atoms with Gasteiger partial charge in [-0.15, -0.1) is 0 Å². The Balaban J connectivity index is 2.62. The lowest BCUT2D eigenvalue weighted by Crippen LogP contribution is -2.51. The van der Waals surface area contributed by atoms with Crippen LogP contribution in [0.15, 0.2) is 0 Å². The normalized spacial score (nSPS) is 32.0. The smallest absolute Gasteiger partial charge is 0.407 e. The van der Waals surface area contributed by atoms with E-state index in [9.17, 15) is 4.79 Å². The van der Waals surface area contributed by atoms with E-state index < -0.39 is 6.09 Å². The molecule has 1 heterocycles. The van der Waals surface area contributed by atoms with Crippen LogP contribution in [0.1, 0.15) is 13.8 Å². The number of carbonyl (C=O) groups is 1. The minimum absolute atomic E-state index is 0.0174. The minimum atomic E-state index is -0.853. The highest BCUT2D eigenvalue weighted by molar-refractivity contribution is 5.66. The Kier molecular flexibility index (Phi) is 2.34. The Morgan fingerprint density at radius 2 is 1.91 bits per heavy atom. The Bertz CT molecular complexity index is 150. The molecule has 64 valence electrons. The summed E-state index contributed by atoms with van der Waals surface area (Å²) in [5, 5.41) is 8.75. The van der Waals surface area contributed by atoms with Gasteiger partial charge in [0.15, 0.2) is 0 Å². The molecule has 1 aliphatic rings. The van der Waals surface area contributed by atoms with Crippen molar-refractivity contribution in [2.75, 3.05) is 13.2 Å². The third-order valence-corrected chi connectivity index (χ3v) is 1.89. The van der Waals surface area contributed by atoms with Crippen molar-refractivity contribution in [2.45, 2.75) is 25.9 Å². The Hall–Kier alpha value is -0.770. The highest BCUT2D eigenvalue weighted by atomic mass is 16.5. The van der Waals surface area contributed by atoms with Crippen LogP contribution in [0.4, 0.5) is 4.79 Å². The van der Waals surface area contributed by atoms with Gasteiger partial charge in [-0.2, -0.15) is 0 Å². The second-order valence-corrected chi connectivity index (χ2v) is 2.93. The van der Waals surface area contributed by atoms with E-state index in [1.54, 1.807) is 0 Å². The average molecular weight is 159 g/mol. The van der Waals surface area contributed by atoms with Crippen LogP contribution in [0.2, 0.25) is 0 Å². The van der Waals surface area contributed by atoms with Gasteiger partial charge in [-0.25, -0.2) is 4.79 Å². The van der Waals surface area contributed by atoms with E-state index in [2.05, 4.69) is 0 Å². The number of hydrogen-bond acceptors (Lipinski definition) is 2. The second-order valence-electron chi connectivity index (χ2n) is 2.93. The summed E-state index contributed by atoms with van der Waals surface area (Å²) in [5.41, 5.74) is 0. The lowest BCUT2D eigenvalue weighted by molar-refractivity contribution is -0.0257. The molecule has 0 radical (unpaired) electrons. The molecule has 0 aliphatic carbocycles. The van der Waals surface area contributed by atoms with E-state index in [1.807, 2.05) is 13.8 Å². The molecule has 0 spiro atoms. The van der Waals surface area contributed by atoms with Gasteiger partial charge in [0.1, 0.15) is 0 Å². The van der Waals surface area contributed by atoms with Crippen molar-refractivity contribution in [3.8, 4) is 0 Å². The van der Waals surface area contributed by atoms with Crippen LogP contribution in [0.5, 0.6) is 0 Å². The van der Waals surface area contributed by atoms with Crippen molar-refractivity contribution in [2.24, 2.45) is 0 Å². The first-order valence-corrected chi connectivity index (χ1v) is 3.72. The lowest BCUT2D eigenvalue weighted by Gasteiger charge is -2.36. The molecule has 0 unspecified atom stereocenters. The summed E-state index contributed by atoms with van der Waals surface area (Å²) in [5.74, 6) is 0. The Labute approximate surface area is 65.8 Å². The quantitative estimate of drug-likeness (QED) is 0.568. The van der Waals surface area contributed by atoms with Gasteiger partial charge in [-0.05, 0) is 13.8 Å². The van der Waals surface area contributed by atoms with Crippen LogP contribution in [-0.2, 0) is 4.74 Å². The van der Waals surface area contributed by atoms with Crippen LogP contribution in [-0.4, -0.2) is 41.4 Å². The molecule has 11 heavy (non-hydrogen) atoms.